The van der Waals surface area contributed by atoms with E-state index < -0.39 is 0 Å². The highest BCUT2D eigenvalue weighted by molar-refractivity contribution is 5.28. The van der Waals surface area contributed by atoms with Crippen LogP contribution in [0.4, 0.5) is 4.39 Å². The maximum absolute atomic E-state index is 13.5. The van der Waals surface area contributed by atoms with Crippen molar-refractivity contribution >= 4 is 0 Å². The number of ether oxygens (including phenoxy) is 1. The van der Waals surface area contributed by atoms with Crippen LogP contribution in [0.5, 0.6) is 5.75 Å². The lowest BCUT2D eigenvalue weighted by molar-refractivity contribution is 0.114. The van der Waals surface area contributed by atoms with Gasteiger partial charge in [0, 0.05) is 12.1 Å². The van der Waals surface area contributed by atoms with Crippen molar-refractivity contribution in [1.82, 2.24) is 5.32 Å². The van der Waals surface area contributed by atoms with Gasteiger partial charge >= 0.3 is 0 Å². The molecule has 0 spiro atoms. The molecule has 100 valence electrons. The zero-order chi connectivity index (χ0) is 13.0. The Hall–Kier alpha value is -1.09. The summed E-state index contributed by atoms with van der Waals surface area (Å²) in [4.78, 5) is 0. The highest BCUT2D eigenvalue weighted by atomic mass is 19.1. The summed E-state index contributed by atoms with van der Waals surface area (Å²) in [5.74, 6) is 0.455. The average Bonchev–Trinajstić information content (AvgIpc) is 2.37. The summed E-state index contributed by atoms with van der Waals surface area (Å²) >= 11 is 0. The molecule has 0 aliphatic heterocycles. The first-order chi connectivity index (χ1) is 8.70. The van der Waals surface area contributed by atoms with E-state index >= 15 is 0 Å². The summed E-state index contributed by atoms with van der Waals surface area (Å²) < 4.78 is 19.4. The predicted molar refractivity (Wildman–Crippen MR) is 71.5 cm³/mol. The molecule has 2 atom stereocenters. The van der Waals surface area contributed by atoms with E-state index in [0.29, 0.717) is 17.4 Å². The van der Waals surface area contributed by atoms with Gasteiger partial charge in [-0.3, -0.25) is 0 Å². The lowest BCUT2D eigenvalue weighted by Crippen LogP contribution is -2.45. The van der Waals surface area contributed by atoms with Gasteiger partial charge in [-0.15, -0.1) is 0 Å². The maximum atomic E-state index is 13.5. The summed E-state index contributed by atoms with van der Waals surface area (Å²) in [6.45, 7) is 4.82. The molecule has 2 nitrogen and oxygen atoms in total. The number of aryl methyl sites for hydroxylation is 1. The lowest BCUT2D eigenvalue weighted by atomic mass is 9.92. The Balaban J connectivity index is 2.03. The SMILES string of the molecule is CCNC1CCCCC1Oc1ccc(C)c(F)c1. The fourth-order valence-corrected chi connectivity index (χ4v) is 2.56. The summed E-state index contributed by atoms with van der Waals surface area (Å²) in [6.07, 6.45) is 4.81. The van der Waals surface area contributed by atoms with E-state index in [4.69, 9.17) is 4.74 Å². The first-order valence-electron chi connectivity index (χ1n) is 6.87. The first-order valence-corrected chi connectivity index (χ1v) is 6.87. The van der Waals surface area contributed by atoms with E-state index in [0.717, 1.165) is 19.4 Å². The van der Waals surface area contributed by atoms with E-state index in [9.17, 15) is 4.39 Å². The summed E-state index contributed by atoms with van der Waals surface area (Å²) in [7, 11) is 0. The van der Waals surface area contributed by atoms with Crippen molar-refractivity contribution in [3.63, 3.8) is 0 Å². The highest BCUT2D eigenvalue weighted by Crippen LogP contribution is 2.25. The highest BCUT2D eigenvalue weighted by Gasteiger charge is 2.25. The van der Waals surface area contributed by atoms with E-state index in [1.807, 2.05) is 6.07 Å². The normalized spacial score (nSPS) is 23.9. The van der Waals surface area contributed by atoms with E-state index in [2.05, 4.69) is 12.2 Å². The largest absolute Gasteiger partial charge is 0.489 e. The van der Waals surface area contributed by atoms with Crippen LogP contribution >= 0.6 is 0 Å². The van der Waals surface area contributed by atoms with Crippen molar-refractivity contribution in [1.29, 1.82) is 0 Å². The summed E-state index contributed by atoms with van der Waals surface area (Å²) in [6, 6.07) is 5.52. The Morgan fingerprint density at radius 2 is 2.11 bits per heavy atom. The van der Waals surface area contributed by atoms with Crippen molar-refractivity contribution in [3.8, 4) is 5.75 Å². The topological polar surface area (TPSA) is 21.3 Å². The van der Waals surface area contributed by atoms with Crippen LogP contribution in [0.25, 0.3) is 0 Å². The van der Waals surface area contributed by atoms with Crippen LogP contribution in [0.15, 0.2) is 18.2 Å². The third-order valence-corrected chi connectivity index (χ3v) is 3.60. The number of rotatable bonds is 4. The summed E-state index contributed by atoms with van der Waals surface area (Å²) in [5, 5.41) is 3.46. The minimum Gasteiger partial charge on any atom is -0.489 e. The fourth-order valence-electron chi connectivity index (χ4n) is 2.56. The van der Waals surface area contributed by atoms with Crippen LogP contribution in [0.2, 0.25) is 0 Å². The molecule has 1 N–H and O–H groups in total. The Morgan fingerprint density at radius 3 is 2.83 bits per heavy atom. The number of nitrogens with one attached hydrogen (secondary N) is 1. The van der Waals surface area contributed by atoms with Gasteiger partial charge in [-0.2, -0.15) is 0 Å². The predicted octanol–water partition coefficient (Wildman–Crippen LogP) is 3.43. The minimum atomic E-state index is -0.191. The van der Waals surface area contributed by atoms with Crippen LogP contribution in [0, 0.1) is 12.7 Å². The first kappa shape index (κ1) is 13.3. The molecule has 1 aliphatic carbocycles. The van der Waals surface area contributed by atoms with Crippen LogP contribution < -0.4 is 10.1 Å². The molecule has 0 radical (unpaired) electrons. The van der Waals surface area contributed by atoms with Gasteiger partial charge in [-0.1, -0.05) is 19.4 Å². The third-order valence-electron chi connectivity index (χ3n) is 3.60. The molecular weight excluding hydrogens is 229 g/mol. The van der Waals surface area contributed by atoms with Crippen LogP contribution in [0.1, 0.15) is 38.2 Å². The lowest BCUT2D eigenvalue weighted by Gasteiger charge is -2.32. The van der Waals surface area contributed by atoms with Gasteiger partial charge in [0.1, 0.15) is 17.7 Å². The van der Waals surface area contributed by atoms with Gasteiger partial charge in [0.2, 0.25) is 0 Å². The van der Waals surface area contributed by atoms with Gasteiger partial charge in [0.05, 0.1) is 0 Å². The number of likely N-dealkylation sites (N-methyl/N-ethyl adjacent to an activating group) is 1. The molecule has 1 aliphatic rings. The second-order valence-corrected chi connectivity index (χ2v) is 5.02. The second kappa shape index (κ2) is 6.19. The molecule has 0 bridgehead atoms. The van der Waals surface area contributed by atoms with Crippen LogP contribution in [-0.4, -0.2) is 18.7 Å². The Labute approximate surface area is 109 Å². The Morgan fingerprint density at radius 1 is 1.33 bits per heavy atom. The van der Waals surface area contributed by atoms with E-state index in [1.54, 1.807) is 13.0 Å². The minimum absolute atomic E-state index is 0.167. The van der Waals surface area contributed by atoms with Crippen molar-refractivity contribution in [2.24, 2.45) is 0 Å². The summed E-state index contributed by atoms with van der Waals surface area (Å²) in [5.41, 5.74) is 0.661. The average molecular weight is 251 g/mol. The molecule has 1 saturated carbocycles. The van der Waals surface area contributed by atoms with Crippen molar-refractivity contribution in [3.05, 3.63) is 29.6 Å². The zero-order valence-corrected chi connectivity index (χ0v) is 11.2. The molecule has 0 amide bonds. The van der Waals surface area contributed by atoms with Crippen molar-refractivity contribution < 1.29 is 9.13 Å². The van der Waals surface area contributed by atoms with Gasteiger partial charge in [-0.05, 0) is 44.4 Å². The molecule has 0 saturated heterocycles. The van der Waals surface area contributed by atoms with Crippen molar-refractivity contribution in [2.75, 3.05) is 6.54 Å². The van der Waals surface area contributed by atoms with E-state index in [1.165, 1.54) is 18.9 Å². The smallest absolute Gasteiger partial charge is 0.129 e. The van der Waals surface area contributed by atoms with Gasteiger partial charge in [-0.25, -0.2) is 4.39 Å². The van der Waals surface area contributed by atoms with Crippen molar-refractivity contribution in [2.45, 2.75) is 51.7 Å². The molecule has 1 fully saturated rings. The molecular formula is C15H22FNO. The van der Waals surface area contributed by atoms with Gasteiger partial charge in [0.15, 0.2) is 0 Å². The zero-order valence-electron chi connectivity index (χ0n) is 11.2. The molecule has 2 rings (SSSR count). The second-order valence-electron chi connectivity index (χ2n) is 5.02. The molecule has 3 heteroatoms. The quantitative estimate of drug-likeness (QED) is 0.885. The number of halogens is 1. The molecule has 1 aromatic carbocycles. The molecule has 0 aromatic heterocycles. The Bertz CT molecular complexity index is 392. The van der Waals surface area contributed by atoms with Gasteiger partial charge in [0.25, 0.3) is 0 Å². The van der Waals surface area contributed by atoms with Crippen LogP contribution in [0.3, 0.4) is 0 Å². The molecule has 1 aromatic rings. The molecule has 18 heavy (non-hydrogen) atoms. The van der Waals surface area contributed by atoms with E-state index in [-0.39, 0.29) is 11.9 Å². The number of benzene rings is 1. The Kier molecular flexibility index (Phi) is 4.59. The third kappa shape index (κ3) is 3.22. The number of hydrogen-bond acceptors (Lipinski definition) is 2. The number of hydrogen-bond donors (Lipinski definition) is 1. The van der Waals surface area contributed by atoms with Gasteiger partial charge < -0.3 is 10.1 Å². The van der Waals surface area contributed by atoms with Crippen LogP contribution in [-0.2, 0) is 0 Å². The fraction of sp³-hybridized carbons (Fsp3) is 0.600. The molecule has 2 unspecified atom stereocenters. The monoisotopic (exact) mass is 251 g/mol. The molecule has 0 heterocycles. The standard InChI is InChI=1S/C15H22FNO/c1-3-17-14-6-4-5-7-15(14)18-12-9-8-11(2)13(16)10-12/h8-10,14-15,17H,3-7H2,1-2H3. The maximum Gasteiger partial charge on any atom is 0.129 e.